The minimum Gasteiger partial charge on any atom is -0.194 e. The molecule has 0 aromatic carbocycles. The number of rotatable bonds is 26. The smallest absolute Gasteiger partial charge is 0.194 e. The maximum atomic E-state index is 11.9. The lowest BCUT2D eigenvalue weighted by Crippen LogP contribution is -2.08. The molecule has 0 atom stereocenters. The third kappa shape index (κ3) is 26.2. The Bertz CT molecular complexity index is 662. The number of hydrogen-bond donors (Lipinski definition) is 0. The summed E-state index contributed by atoms with van der Waals surface area (Å²) in [6.45, 7) is 4.45. The molecule has 0 N–H and O–H groups in total. The van der Waals surface area contributed by atoms with Crippen LogP contribution < -0.4 is 0 Å². The average Bonchev–Trinajstić information content (AvgIpc) is 2.79. The standard InChI is InChI=1S/C28H54O5S2/c1-3-5-7-9-11-13-15-17-19-21-23-25-27-34(29,30)33-35(31,32)28-26-24-22-20-18-16-14-12-10-8-6-4-2/h25-28H,3-24H2,1-2H3. The number of unbranched alkanes of at least 4 members (excludes halogenated alkanes) is 20. The molecule has 35 heavy (non-hydrogen) atoms. The first-order valence-corrected chi connectivity index (χ1v) is 17.3. The van der Waals surface area contributed by atoms with Gasteiger partial charge in [0.05, 0.1) is 10.8 Å². The van der Waals surface area contributed by atoms with Crippen molar-refractivity contribution in [2.75, 3.05) is 0 Å². The van der Waals surface area contributed by atoms with Crippen molar-refractivity contribution in [3.05, 3.63) is 23.0 Å². The Morgan fingerprint density at radius 1 is 0.429 bits per heavy atom. The summed E-state index contributed by atoms with van der Waals surface area (Å²) in [6, 6.07) is 0. The number of hydrogen-bond acceptors (Lipinski definition) is 5. The van der Waals surface area contributed by atoms with Crippen molar-refractivity contribution in [2.45, 2.75) is 155 Å². The van der Waals surface area contributed by atoms with Gasteiger partial charge in [-0.05, 0) is 25.7 Å². The van der Waals surface area contributed by atoms with Crippen molar-refractivity contribution < 1.29 is 20.5 Å². The molecule has 0 bridgehead atoms. The van der Waals surface area contributed by atoms with Gasteiger partial charge in [0, 0.05) is 0 Å². The molecule has 0 radical (unpaired) electrons. The van der Waals surface area contributed by atoms with Gasteiger partial charge in [0.15, 0.2) is 0 Å². The summed E-state index contributed by atoms with van der Waals surface area (Å²) in [4.78, 5) is 0. The van der Waals surface area contributed by atoms with E-state index in [1.807, 2.05) is 0 Å². The topological polar surface area (TPSA) is 77.5 Å². The van der Waals surface area contributed by atoms with E-state index in [0.29, 0.717) is 12.8 Å². The molecule has 7 heteroatoms. The first kappa shape index (κ1) is 34.3. The van der Waals surface area contributed by atoms with E-state index in [9.17, 15) is 16.8 Å². The highest BCUT2D eigenvalue weighted by atomic mass is 32.3. The van der Waals surface area contributed by atoms with Gasteiger partial charge in [-0.25, -0.2) is 0 Å². The lowest BCUT2D eigenvalue weighted by Gasteiger charge is -2.02. The van der Waals surface area contributed by atoms with Crippen LogP contribution >= 0.6 is 0 Å². The lowest BCUT2D eigenvalue weighted by molar-refractivity contribution is 0.476. The molecule has 0 aromatic heterocycles. The summed E-state index contributed by atoms with van der Waals surface area (Å²) >= 11 is 0. The van der Waals surface area contributed by atoms with Crippen LogP contribution in [-0.4, -0.2) is 16.8 Å². The summed E-state index contributed by atoms with van der Waals surface area (Å²) < 4.78 is 52.1. The molecule has 0 aromatic rings. The van der Waals surface area contributed by atoms with Gasteiger partial charge < -0.3 is 0 Å². The summed E-state index contributed by atoms with van der Waals surface area (Å²) in [5.41, 5.74) is 0. The van der Waals surface area contributed by atoms with Crippen LogP contribution in [0.5, 0.6) is 0 Å². The zero-order valence-corrected chi connectivity index (χ0v) is 24.4. The van der Waals surface area contributed by atoms with Gasteiger partial charge in [0.25, 0.3) is 0 Å². The van der Waals surface area contributed by atoms with Gasteiger partial charge in [-0.3, -0.25) is 0 Å². The largest absolute Gasteiger partial charge is 0.304 e. The van der Waals surface area contributed by atoms with Crippen LogP contribution in [0.1, 0.15) is 155 Å². The molecule has 0 saturated carbocycles. The van der Waals surface area contributed by atoms with Crippen LogP contribution in [0, 0.1) is 0 Å². The zero-order valence-electron chi connectivity index (χ0n) is 22.7. The third-order valence-electron chi connectivity index (χ3n) is 6.16. The van der Waals surface area contributed by atoms with Crippen molar-refractivity contribution in [1.29, 1.82) is 0 Å². The maximum Gasteiger partial charge on any atom is 0.304 e. The first-order valence-electron chi connectivity index (χ1n) is 14.4. The van der Waals surface area contributed by atoms with Gasteiger partial charge in [-0.1, -0.05) is 142 Å². The normalized spacial score (nSPS) is 12.9. The molecular formula is C28H54O5S2. The molecule has 0 amide bonds. The zero-order chi connectivity index (χ0) is 26.1. The van der Waals surface area contributed by atoms with Crippen LogP contribution in [0.2, 0.25) is 0 Å². The highest BCUT2D eigenvalue weighted by molar-refractivity contribution is 8.02. The van der Waals surface area contributed by atoms with E-state index in [2.05, 4.69) is 17.5 Å². The molecule has 5 nitrogen and oxygen atoms in total. The van der Waals surface area contributed by atoms with Gasteiger partial charge in [-0.15, -0.1) is 3.63 Å². The van der Waals surface area contributed by atoms with Crippen molar-refractivity contribution >= 4 is 20.2 Å². The lowest BCUT2D eigenvalue weighted by atomic mass is 10.1. The molecule has 0 unspecified atom stereocenters. The molecule has 0 rings (SSSR count). The van der Waals surface area contributed by atoms with Gasteiger partial charge >= 0.3 is 20.2 Å². The predicted molar refractivity (Wildman–Crippen MR) is 150 cm³/mol. The molecular weight excluding hydrogens is 480 g/mol. The van der Waals surface area contributed by atoms with Crippen LogP contribution in [-0.2, 0) is 23.9 Å². The van der Waals surface area contributed by atoms with Crippen LogP contribution in [0.3, 0.4) is 0 Å². The van der Waals surface area contributed by atoms with Crippen molar-refractivity contribution in [3.63, 3.8) is 0 Å². The second-order valence-corrected chi connectivity index (χ2v) is 12.8. The van der Waals surface area contributed by atoms with E-state index in [0.717, 1.165) is 49.3 Å². The van der Waals surface area contributed by atoms with E-state index >= 15 is 0 Å². The highest BCUT2D eigenvalue weighted by Crippen LogP contribution is 2.14. The average molecular weight is 535 g/mol. The van der Waals surface area contributed by atoms with Crippen LogP contribution in [0.15, 0.2) is 23.0 Å². The monoisotopic (exact) mass is 534 g/mol. The quantitative estimate of drug-likeness (QED) is 0.103. The van der Waals surface area contributed by atoms with Crippen molar-refractivity contribution in [3.8, 4) is 0 Å². The van der Waals surface area contributed by atoms with Gasteiger partial charge in [0.2, 0.25) is 0 Å². The molecule has 208 valence electrons. The summed E-state index contributed by atoms with van der Waals surface area (Å²) in [5.74, 6) is 0. The Morgan fingerprint density at radius 2 is 0.686 bits per heavy atom. The molecule has 0 aliphatic rings. The third-order valence-corrected chi connectivity index (χ3v) is 8.73. The van der Waals surface area contributed by atoms with Gasteiger partial charge in [0.1, 0.15) is 0 Å². The minimum atomic E-state index is -4.24. The van der Waals surface area contributed by atoms with E-state index in [-0.39, 0.29) is 0 Å². The second kappa shape index (κ2) is 23.7. The molecule has 0 fully saturated rings. The SMILES string of the molecule is CCCCCCCCCCCCC=CS(=O)(=O)OS(=O)(=O)C=CCCCCCCCCCCCC. The van der Waals surface area contributed by atoms with Crippen LogP contribution in [0.4, 0.5) is 0 Å². The summed E-state index contributed by atoms with van der Waals surface area (Å²) in [6.07, 6.45) is 28.5. The highest BCUT2D eigenvalue weighted by Gasteiger charge is 2.17. The number of allylic oxidation sites excluding steroid dienone is 2. The van der Waals surface area contributed by atoms with Crippen molar-refractivity contribution in [2.24, 2.45) is 0 Å². The van der Waals surface area contributed by atoms with E-state index in [4.69, 9.17) is 0 Å². The Morgan fingerprint density at radius 3 is 0.971 bits per heavy atom. The molecule has 0 heterocycles. The van der Waals surface area contributed by atoms with Crippen LogP contribution in [0.25, 0.3) is 0 Å². The van der Waals surface area contributed by atoms with E-state index < -0.39 is 20.2 Å². The Labute approximate surface area is 218 Å². The molecule has 0 aliphatic carbocycles. The fourth-order valence-electron chi connectivity index (χ4n) is 4.05. The fraction of sp³-hybridized carbons (Fsp3) is 0.857. The van der Waals surface area contributed by atoms with Gasteiger partial charge in [-0.2, -0.15) is 16.8 Å². The maximum absolute atomic E-state index is 11.9. The second-order valence-electron chi connectivity index (χ2n) is 9.74. The van der Waals surface area contributed by atoms with E-state index in [1.54, 1.807) is 0 Å². The Kier molecular flexibility index (Phi) is 23.3. The first-order chi connectivity index (χ1) is 16.8. The van der Waals surface area contributed by atoms with E-state index in [1.165, 1.54) is 102 Å². The Balaban J connectivity index is 3.84. The summed E-state index contributed by atoms with van der Waals surface area (Å²) in [5, 5.41) is 1.74. The minimum absolute atomic E-state index is 0.605. The molecule has 0 spiro atoms. The molecule has 0 saturated heterocycles. The summed E-state index contributed by atoms with van der Waals surface area (Å²) in [7, 11) is -8.48. The Hall–Kier alpha value is -0.660. The predicted octanol–water partition coefficient (Wildman–Crippen LogP) is 9.31. The molecule has 0 aliphatic heterocycles. The fourth-order valence-corrected chi connectivity index (χ4v) is 6.21. The van der Waals surface area contributed by atoms with Crippen molar-refractivity contribution in [1.82, 2.24) is 0 Å².